The van der Waals surface area contributed by atoms with Crippen LogP contribution in [0.15, 0.2) is 0 Å². The maximum absolute atomic E-state index is 11.8. The Kier molecular flexibility index (Phi) is 4.97. The summed E-state index contributed by atoms with van der Waals surface area (Å²) in [5.74, 6) is 0.160. The van der Waals surface area contributed by atoms with Gasteiger partial charge in [-0.25, -0.2) is 0 Å². The van der Waals surface area contributed by atoms with E-state index in [1.807, 2.05) is 0 Å². The summed E-state index contributed by atoms with van der Waals surface area (Å²) < 4.78 is 0. The number of carbonyl (C=O) groups excluding carboxylic acids is 1. The minimum Gasteiger partial charge on any atom is -0.353 e. The van der Waals surface area contributed by atoms with Crippen LogP contribution in [0.5, 0.6) is 0 Å². The highest BCUT2D eigenvalue weighted by Gasteiger charge is 2.29. The van der Waals surface area contributed by atoms with Gasteiger partial charge in [0.2, 0.25) is 5.91 Å². The van der Waals surface area contributed by atoms with Crippen LogP contribution in [-0.2, 0) is 4.79 Å². The maximum Gasteiger partial charge on any atom is 0.234 e. The SMILES string of the molecule is CC(CNC(=O)CN1CCNCC1)N(C)C1CC1. The van der Waals surface area contributed by atoms with Crippen molar-refractivity contribution in [2.45, 2.75) is 31.8 Å². The molecular weight excluding hydrogens is 228 g/mol. The molecule has 0 aromatic rings. The van der Waals surface area contributed by atoms with Gasteiger partial charge in [-0.1, -0.05) is 0 Å². The number of likely N-dealkylation sites (N-methyl/N-ethyl adjacent to an activating group) is 1. The molecule has 1 amide bonds. The Morgan fingerprint density at radius 1 is 1.44 bits per heavy atom. The lowest BCUT2D eigenvalue weighted by Crippen LogP contribution is -2.49. The predicted octanol–water partition coefficient (Wildman–Crippen LogP) is -0.509. The molecule has 0 aromatic heterocycles. The van der Waals surface area contributed by atoms with E-state index in [-0.39, 0.29) is 5.91 Å². The number of carbonyl (C=O) groups is 1. The summed E-state index contributed by atoms with van der Waals surface area (Å²) in [6.07, 6.45) is 2.63. The summed E-state index contributed by atoms with van der Waals surface area (Å²) in [5.41, 5.74) is 0. The Morgan fingerprint density at radius 3 is 2.72 bits per heavy atom. The summed E-state index contributed by atoms with van der Waals surface area (Å²) >= 11 is 0. The molecule has 1 heterocycles. The first-order valence-electron chi connectivity index (χ1n) is 7.08. The monoisotopic (exact) mass is 254 g/mol. The van der Waals surface area contributed by atoms with Crippen LogP contribution in [0.4, 0.5) is 0 Å². The Labute approximate surface area is 110 Å². The molecule has 1 saturated carbocycles. The molecule has 0 aromatic carbocycles. The molecule has 1 aliphatic heterocycles. The molecule has 18 heavy (non-hydrogen) atoms. The van der Waals surface area contributed by atoms with Gasteiger partial charge in [0.05, 0.1) is 6.54 Å². The second kappa shape index (κ2) is 6.50. The van der Waals surface area contributed by atoms with Gasteiger partial charge >= 0.3 is 0 Å². The van der Waals surface area contributed by atoms with Crippen molar-refractivity contribution in [3.63, 3.8) is 0 Å². The number of nitrogens with one attached hydrogen (secondary N) is 2. The van der Waals surface area contributed by atoms with E-state index in [4.69, 9.17) is 0 Å². The van der Waals surface area contributed by atoms with Crippen LogP contribution in [0.1, 0.15) is 19.8 Å². The van der Waals surface area contributed by atoms with E-state index in [0.717, 1.165) is 38.8 Å². The van der Waals surface area contributed by atoms with Gasteiger partial charge in [-0.2, -0.15) is 0 Å². The second-order valence-electron chi connectivity index (χ2n) is 5.58. The number of piperazine rings is 1. The first-order valence-corrected chi connectivity index (χ1v) is 7.08. The van der Waals surface area contributed by atoms with Crippen molar-refractivity contribution < 1.29 is 4.79 Å². The number of rotatable bonds is 6. The normalized spacial score (nSPS) is 23.1. The molecule has 1 aliphatic carbocycles. The summed E-state index contributed by atoms with van der Waals surface area (Å²) in [6, 6.07) is 1.19. The molecule has 5 heteroatoms. The van der Waals surface area contributed by atoms with Gasteiger partial charge in [0, 0.05) is 44.8 Å². The van der Waals surface area contributed by atoms with Crippen LogP contribution in [0, 0.1) is 0 Å². The van der Waals surface area contributed by atoms with Crippen LogP contribution in [-0.4, -0.2) is 74.1 Å². The second-order valence-corrected chi connectivity index (χ2v) is 5.58. The average Bonchev–Trinajstić information content (AvgIpc) is 3.20. The van der Waals surface area contributed by atoms with Crippen molar-refractivity contribution in [1.29, 1.82) is 0 Å². The summed E-state index contributed by atoms with van der Waals surface area (Å²) in [4.78, 5) is 16.4. The average molecular weight is 254 g/mol. The first kappa shape index (κ1) is 13.8. The highest BCUT2D eigenvalue weighted by atomic mass is 16.2. The Balaban J connectivity index is 1.61. The van der Waals surface area contributed by atoms with Gasteiger partial charge in [0.1, 0.15) is 0 Å². The van der Waals surface area contributed by atoms with Crippen molar-refractivity contribution >= 4 is 5.91 Å². The molecule has 0 spiro atoms. The molecule has 1 atom stereocenters. The quantitative estimate of drug-likeness (QED) is 0.670. The molecule has 104 valence electrons. The van der Waals surface area contributed by atoms with Crippen molar-refractivity contribution in [3.8, 4) is 0 Å². The van der Waals surface area contributed by atoms with Gasteiger partial charge < -0.3 is 10.6 Å². The highest BCUT2D eigenvalue weighted by Crippen LogP contribution is 2.26. The molecule has 5 nitrogen and oxygen atoms in total. The molecular formula is C13H26N4O. The van der Waals surface area contributed by atoms with Crippen LogP contribution in [0.3, 0.4) is 0 Å². The molecule has 2 N–H and O–H groups in total. The van der Waals surface area contributed by atoms with E-state index >= 15 is 0 Å². The van der Waals surface area contributed by atoms with Crippen molar-refractivity contribution in [1.82, 2.24) is 20.4 Å². The van der Waals surface area contributed by atoms with Crippen LogP contribution < -0.4 is 10.6 Å². The van der Waals surface area contributed by atoms with E-state index in [9.17, 15) is 4.79 Å². The van der Waals surface area contributed by atoms with Gasteiger partial charge in [-0.3, -0.25) is 14.6 Å². The summed E-state index contributed by atoms with van der Waals surface area (Å²) in [5, 5.41) is 6.34. The van der Waals surface area contributed by atoms with Crippen molar-refractivity contribution in [3.05, 3.63) is 0 Å². The van der Waals surface area contributed by atoms with E-state index < -0.39 is 0 Å². The van der Waals surface area contributed by atoms with Crippen LogP contribution in [0.25, 0.3) is 0 Å². The Hall–Kier alpha value is -0.650. The Bertz CT molecular complexity index is 274. The maximum atomic E-state index is 11.8. The topological polar surface area (TPSA) is 47.6 Å². The summed E-state index contributed by atoms with van der Waals surface area (Å²) in [6.45, 7) is 7.43. The van der Waals surface area contributed by atoms with Gasteiger partial charge in [-0.15, -0.1) is 0 Å². The number of hydrogen-bond donors (Lipinski definition) is 2. The number of hydrogen-bond acceptors (Lipinski definition) is 4. The highest BCUT2D eigenvalue weighted by molar-refractivity contribution is 5.78. The lowest BCUT2D eigenvalue weighted by molar-refractivity contribution is -0.122. The lowest BCUT2D eigenvalue weighted by Gasteiger charge is -2.28. The molecule has 1 unspecified atom stereocenters. The fourth-order valence-corrected chi connectivity index (χ4v) is 2.38. The van der Waals surface area contributed by atoms with Gasteiger partial charge in [0.15, 0.2) is 0 Å². The van der Waals surface area contributed by atoms with Crippen molar-refractivity contribution in [2.24, 2.45) is 0 Å². The van der Waals surface area contributed by atoms with E-state index in [2.05, 4.69) is 34.4 Å². The third kappa shape index (κ3) is 4.23. The zero-order chi connectivity index (χ0) is 13.0. The molecule has 0 bridgehead atoms. The van der Waals surface area contributed by atoms with Crippen LogP contribution in [0.2, 0.25) is 0 Å². The third-order valence-corrected chi connectivity index (χ3v) is 3.99. The zero-order valence-electron chi connectivity index (χ0n) is 11.6. The van der Waals surface area contributed by atoms with E-state index in [1.165, 1.54) is 12.8 Å². The number of nitrogens with zero attached hydrogens (tertiary/aromatic N) is 2. The molecule has 2 rings (SSSR count). The van der Waals surface area contributed by atoms with E-state index in [1.54, 1.807) is 0 Å². The zero-order valence-corrected chi connectivity index (χ0v) is 11.6. The largest absolute Gasteiger partial charge is 0.353 e. The first-order chi connectivity index (χ1) is 8.66. The molecule has 2 aliphatic rings. The van der Waals surface area contributed by atoms with E-state index in [0.29, 0.717) is 12.6 Å². The van der Waals surface area contributed by atoms with Crippen LogP contribution >= 0.6 is 0 Å². The lowest BCUT2D eigenvalue weighted by atomic mass is 10.3. The molecule has 2 fully saturated rings. The number of amides is 1. The van der Waals surface area contributed by atoms with Gasteiger partial charge in [-0.05, 0) is 26.8 Å². The van der Waals surface area contributed by atoms with Crippen molar-refractivity contribution in [2.75, 3.05) is 46.3 Å². The fourth-order valence-electron chi connectivity index (χ4n) is 2.38. The molecule has 0 radical (unpaired) electrons. The van der Waals surface area contributed by atoms with Gasteiger partial charge in [0.25, 0.3) is 0 Å². The third-order valence-electron chi connectivity index (χ3n) is 3.99. The smallest absolute Gasteiger partial charge is 0.234 e. The fraction of sp³-hybridized carbons (Fsp3) is 0.923. The Morgan fingerprint density at radius 2 is 2.11 bits per heavy atom. The standard InChI is InChI=1S/C13H26N4O/c1-11(16(2)12-3-4-12)9-15-13(18)10-17-7-5-14-6-8-17/h11-12,14H,3-10H2,1-2H3,(H,15,18). The predicted molar refractivity (Wildman–Crippen MR) is 72.6 cm³/mol. The minimum atomic E-state index is 0.160. The summed E-state index contributed by atoms with van der Waals surface area (Å²) in [7, 11) is 2.16. The molecule has 1 saturated heterocycles. The minimum absolute atomic E-state index is 0.160.